The van der Waals surface area contributed by atoms with Crippen molar-refractivity contribution in [1.29, 1.82) is 0 Å². The van der Waals surface area contributed by atoms with E-state index in [0.29, 0.717) is 11.0 Å². The van der Waals surface area contributed by atoms with Crippen LogP contribution >= 0.6 is 12.2 Å². The summed E-state index contributed by atoms with van der Waals surface area (Å²) < 4.78 is 0. The molecule has 0 fully saturated rings. The van der Waals surface area contributed by atoms with Crippen molar-refractivity contribution in [3.8, 4) is 0 Å². The van der Waals surface area contributed by atoms with Crippen LogP contribution < -0.4 is 11.1 Å². The number of nitrogens with two attached hydrogens (primary N) is 1. The van der Waals surface area contributed by atoms with Gasteiger partial charge in [-0.25, -0.2) is 0 Å². The maximum Gasteiger partial charge on any atom is 0.103 e. The van der Waals surface area contributed by atoms with Gasteiger partial charge in [0.2, 0.25) is 0 Å². The van der Waals surface area contributed by atoms with Crippen LogP contribution in [-0.4, -0.2) is 11.0 Å². The van der Waals surface area contributed by atoms with E-state index in [2.05, 4.69) is 26.1 Å². The van der Waals surface area contributed by atoms with Gasteiger partial charge in [0.05, 0.1) is 0 Å². The Hall–Kier alpha value is -1.09. The van der Waals surface area contributed by atoms with E-state index >= 15 is 0 Å². The minimum atomic E-state index is 0.450. The van der Waals surface area contributed by atoms with E-state index in [0.717, 1.165) is 17.2 Å². The van der Waals surface area contributed by atoms with Gasteiger partial charge in [-0.2, -0.15) is 0 Å². The van der Waals surface area contributed by atoms with Gasteiger partial charge >= 0.3 is 0 Å². The van der Waals surface area contributed by atoms with Crippen molar-refractivity contribution < 1.29 is 0 Å². The van der Waals surface area contributed by atoms with E-state index < -0.39 is 0 Å². The first-order valence-corrected chi connectivity index (χ1v) is 7.06. The van der Waals surface area contributed by atoms with Gasteiger partial charge in [-0.1, -0.05) is 38.9 Å². The predicted molar refractivity (Wildman–Crippen MR) is 84.1 cm³/mol. The fourth-order valence-electron chi connectivity index (χ4n) is 1.92. The Morgan fingerprint density at radius 3 is 2.28 bits per heavy atom. The zero-order valence-corrected chi connectivity index (χ0v) is 12.4. The van der Waals surface area contributed by atoms with Crippen molar-refractivity contribution in [3.05, 3.63) is 29.8 Å². The van der Waals surface area contributed by atoms with E-state index in [4.69, 9.17) is 18.0 Å². The van der Waals surface area contributed by atoms with Crippen LogP contribution in [0.3, 0.4) is 0 Å². The van der Waals surface area contributed by atoms with Gasteiger partial charge < -0.3 is 11.1 Å². The van der Waals surface area contributed by atoms with Crippen molar-refractivity contribution >= 4 is 22.9 Å². The lowest BCUT2D eigenvalue weighted by atomic mass is 10.0. The third-order valence-corrected chi connectivity index (χ3v) is 3.24. The molecule has 1 unspecified atom stereocenters. The predicted octanol–water partition coefficient (Wildman–Crippen LogP) is 3.95. The molecular formula is C15H24N2S. The molecule has 0 heterocycles. The summed E-state index contributed by atoms with van der Waals surface area (Å²) in [6, 6.07) is 8.50. The summed E-state index contributed by atoms with van der Waals surface area (Å²) in [5.41, 5.74) is 7.62. The van der Waals surface area contributed by atoms with Crippen LogP contribution in [0.5, 0.6) is 0 Å². The molecule has 18 heavy (non-hydrogen) atoms. The lowest BCUT2D eigenvalue weighted by molar-refractivity contribution is 0.520. The normalized spacial score (nSPS) is 12.4. The third-order valence-electron chi connectivity index (χ3n) is 3.00. The van der Waals surface area contributed by atoms with Crippen LogP contribution in [0, 0.1) is 5.92 Å². The van der Waals surface area contributed by atoms with Gasteiger partial charge in [0.1, 0.15) is 4.99 Å². The average molecular weight is 264 g/mol. The summed E-state index contributed by atoms with van der Waals surface area (Å²) in [6.07, 6.45) is 3.78. The highest BCUT2D eigenvalue weighted by Gasteiger charge is 2.03. The van der Waals surface area contributed by atoms with E-state index in [1.807, 2.05) is 24.3 Å². The molecule has 1 aromatic carbocycles. The van der Waals surface area contributed by atoms with E-state index in [-0.39, 0.29) is 0 Å². The van der Waals surface area contributed by atoms with E-state index in [9.17, 15) is 0 Å². The fraction of sp³-hybridized carbons (Fsp3) is 0.533. The first-order chi connectivity index (χ1) is 8.49. The summed E-state index contributed by atoms with van der Waals surface area (Å²) in [6.45, 7) is 6.76. The first-order valence-electron chi connectivity index (χ1n) is 6.65. The molecule has 0 saturated carbocycles. The lowest BCUT2D eigenvalue weighted by Gasteiger charge is -2.16. The Balaban J connectivity index is 2.39. The Labute approximate surface area is 116 Å². The SMILES string of the molecule is CC(C)CCCC(C)Nc1ccc(C(N)=S)cc1. The van der Waals surface area contributed by atoms with Gasteiger partial charge in [0.15, 0.2) is 0 Å². The molecule has 100 valence electrons. The number of thiocarbonyl (C=S) groups is 1. The molecule has 0 bridgehead atoms. The van der Waals surface area contributed by atoms with Crippen LogP contribution in [0.25, 0.3) is 0 Å². The van der Waals surface area contributed by atoms with Gasteiger partial charge in [0.25, 0.3) is 0 Å². The molecule has 1 aromatic rings. The lowest BCUT2D eigenvalue weighted by Crippen LogP contribution is -2.15. The Morgan fingerprint density at radius 2 is 1.78 bits per heavy atom. The summed E-state index contributed by atoms with van der Waals surface area (Å²) in [5, 5.41) is 3.50. The molecule has 0 spiro atoms. The average Bonchev–Trinajstić information content (AvgIpc) is 2.29. The number of hydrogen-bond acceptors (Lipinski definition) is 2. The molecule has 0 aliphatic rings. The number of hydrogen-bond donors (Lipinski definition) is 2. The summed E-state index contributed by atoms with van der Waals surface area (Å²) >= 11 is 4.93. The molecule has 0 saturated heterocycles. The van der Waals surface area contributed by atoms with Gasteiger partial charge in [-0.05, 0) is 43.5 Å². The number of anilines is 1. The molecule has 3 heteroatoms. The van der Waals surface area contributed by atoms with E-state index in [1.165, 1.54) is 19.3 Å². The van der Waals surface area contributed by atoms with Crippen LogP contribution in [0.1, 0.15) is 45.6 Å². The largest absolute Gasteiger partial charge is 0.389 e. The molecule has 0 aliphatic heterocycles. The molecule has 0 aromatic heterocycles. The van der Waals surface area contributed by atoms with Crippen LogP contribution in [0.4, 0.5) is 5.69 Å². The molecule has 3 N–H and O–H groups in total. The second-order valence-electron chi connectivity index (χ2n) is 5.31. The maximum absolute atomic E-state index is 5.57. The van der Waals surface area contributed by atoms with Crippen molar-refractivity contribution in [2.24, 2.45) is 11.7 Å². The Bertz CT molecular complexity index is 371. The molecule has 1 rings (SSSR count). The number of rotatable bonds is 7. The third kappa shape index (κ3) is 5.50. The Kier molecular flexibility index (Phi) is 6.13. The Morgan fingerprint density at radius 1 is 1.17 bits per heavy atom. The van der Waals surface area contributed by atoms with Gasteiger partial charge in [-0.15, -0.1) is 0 Å². The summed E-state index contributed by atoms with van der Waals surface area (Å²) in [5.74, 6) is 0.794. The van der Waals surface area contributed by atoms with Crippen LogP contribution in [-0.2, 0) is 0 Å². The fourth-order valence-corrected chi connectivity index (χ4v) is 2.06. The molecule has 1 atom stereocenters. The maximum atomic E-state index is 5.57. The van der Waals surface area contributed by atoms with E-state index in [1.54, 1.807) is 0 Å². The topological polar surface area (TPSA) is 38.0 Å². The molecular weight excluding hydrogens is 240 g/mol. The van der Waals surface area contributed by atoms with Crippen LogP contribution in [0.15, 0.2) is 24.3 Å². The van der Waals surface area contributed by atoms with Crippen molar-refractivity contribution in [1.82, 2.24) is 0 Å². The van der Waals surface area contributed by atoms with Crippen molar-refractivity contribution in [2.75, 3.05) is 5.32 Å². The smallest absolute Gasteiger partial charge is 0.103 e. The number of nitrogens with one attached hydrogen (secondary N) is 1. The van der Waals surface area contributed by atoms with Crippen LogP contribution in [0.2, 0.25) is 0 Å². The quantitative estimate of drug-likeness (QED) is 0.732. The highest BCUT2D eigenvalue weighted by atomic mass is 32.1. The second-order valence-corrected chi connectivity index (χ2v) is 5.75. The standard InChI is InChI=1S/C15H24N2S/c1-11(2)5-4-6-12(3)17-14-9-7-13(8-10-14)15(16)18/h7-12,17H,4-6H2,1-3H3,(H2,16,18). The minimum absolute atomic E-state index is 0.450. The van der Waals surface area contributed by atoms with Crippen molar-refractivity contribution in [3.63, 3.8) is 0 Å². The minimum Gasteiger partial charge on any atom is -0.389 e. The summed E-state index contributed by atoms with van der Waals surface area (Å²) in [7, 11) is 0. The molecule has 2 nitrogen and oxygen atoms in total. The zero-order valence-electron chi connectivity index (χ0n) is 11.6. The van der Waals surface area contributed by atoms with Crippen molar-refractivity contribution in [2.45, 2.75) is 46.1 Å². The first kappa shape index (κ1) is 15.0. The monoisotopic (exact) mass is 264 g/mol. The molecule has 0 aliphatic carbocycles. The highest BCUT2D eigenvalue weighted by molar-refractivity contribution is 7.80. The van der Waals surface area contributed by atoms with Gasteiger partial charge in [0, 0.05) is 17.3 Å². The molecule has 0 amide bonds. The number of benzene rings is 1. The summed E-state index contributed by atoms with van der Waals surface area (Å²) in [4.78, 5) is 0.450. The highest BCUT2D eigenvalue weighted by Crippen LogP contribution is 2.14. The zero-order chi connectivity index (χ0) is 13.5. The second kappa shape index (κ2) is 7.37. The molecule has 0 radical (unpaired) electrons. The van der Waals surface area contributed by atoms with Gasteiger partial charge in [-0.3, -0.25) is 0 Å².